The molecule has 2 heterocycles. The van der Waals surface area contributed by atoms with Crippen LogP contribution in [0.2, 0.25) is 0 Å². The van der Waals surface area contributed by atoms with Gasteiger partial charge in [-0.25, -0.2) is 9.97 Å². The lowest BCUT2D eigenvalue weighted by atomic mass is 10.1. The number of carbonyl (C=O) groups is 1. The first-order valence-corrected chi connectivity index (χ1v) is 8.33. The molecule has 2 aromatic heterocycles. The molecule has 0 aliphatic heterocycles. The van der Waals surface area contributed by atoms with Gasteiger partial charge in [-0.3, -0.25) is 15.6 Å². The summed E-state index contributed by atoms with van der Waals surface area (Å²) in [7, 11) is 0. The molecule has 0 aromatic carbocycles. The van der Waals surface area contributed by atoms with Crippen LogP contribution in [0, 0.1) is 11.8 Å². The van der Waals surface area contributed by atoms with Crippen molar-refractivity contribution in [2.45, 2.75) is 27.7 Å². The molecule has 0 atom stereocenters. The molecule has 0 saturated carbocycles. The van der Waals surface area contributed by atoms with Crippen LogP contribution in [0.15, 0.2) is 29.1 Å². The van der Waals surface area contributed by atoms with Crippen LogP contribution in [0.5, 0.6) is 0 Å². The number of hydrogen-bond donors (Lipinski definition) is 3. The van der Waals surface area contributed by atoms with E-state index >= 15 is 0 Å². The number of amides is 1. The van der Waals surface area contributed by atoms with Crippen LogP contribution in [0.4, 0.5) is 17.3 Å². The van der Waals surface area contributed by atoms with Gasteiger partial charge in [0.05, 0.1) is 6.26 Å². The molecule has 8 heteroatoms. The zero-order valence-corrected chi connectivity index (χ0v) is 15.1. The fraction of sp³-hybridized carbons (Fsp3) is 0.471. The first kappa shape index (κ1) is 18.6. The number of carbonyl (C=O) groups excluding carboxylic acids is 1. The third-order valence-corrected chi connectivity index (χ3v) is 3.37. The molecule has 2 aromatic rings. The van der Waals surface area contributed by atoms with E-state index in [2.05, 4.69) is 53.4 Å². The standard InChI is InChI=1S/C17H26N6O2/c1-11(2)8-23(9-12(3)4)16-14(18)15(19-10-20-16)21-22-17(24)13-6-5-7-25-13/h5-7,10-12H,8-9,18H2,1-4H3,(H,22,24)(H,19,20,21). The minimum absolute atomic E-state index is 0.196. The minimum Gasteiger partial charge on any atom is -0.459 e. The van der Waals surface area contributed by atoms with Gasteiger partial charge in [-0.05, 0) is 24.0 Å². The average molecular weight is 346 g/mol. The number of hydrazine groups is 1. The maximum atomic E-state index is 11.9. The molecule has 25 heavy (non-hydrogen) atoms. The van der Waals surface area contributed by atoms with Gasteiger partial charge in [-0.1, -0.05) is 27.7 Å². The van der Waals surface area contributed by atoms with Gasteiger partial charge in [0.15, 0.2) is 17.4 Å². The molecule has 136 valence electrons. The number of nitrogen functional groups attached to an aromatic ring is 1. The van der Waals surface area contributed by atoms with Crippen molar-refractivity contribution >= 4 is 23.2 Å². The summed E-state index contributed by atoms with van der Waals surface area (Å²) in [5.74, 6) is 1.72. The number of hydrogen-bond acceptors (Lipinski definition) is 7. The van der Waals surface area contributed by atoms with E-state index in [1.54, 1.807) is 12.1 Å². The van der Waals surface area contributed by atoms with Gasteiger partial charge in [-0.2, -0.15) is 0 Å². The predicted molar refractivity (Wildman–Crippen MR) is 98.1 cm³/mol. The van der Waals surface area contributed by atoms with Crippen LogP contribution in [-0.2, 0) is 0 Å². The van der Waals surface area contributed by atoms with Gasteiger partial charge in [0.25, 0.3) is 0 Å². The smallest absolute Gasteiger partial charge is 0.305 e. The minimum atomic E-state index is -0.411. The Morgan fingerprint density at radius 2 is 1.92 bits per heavy atom. The molecule has 1 amide bonds. The second-order valence-electron chi connectivity index (χ2n) is 6.71. The van der Waals surface area contributed by atoms with Crippen LogP contribution in [0.3, 0.4) is 0 Å². The SMILES string of the molecule is CC(C)CN(CC(C)C)c1ncnc(NNC(=O)c2ccco2)c1N. The predicted octanol–water partition coefficient (Wildman–Crippen LogP) is 2.53. The summed E-state index contributed by atoms with van der Waals surface area (Å²) >= 11 is 0. The average Bonchev–Trinajstić information content (AvgIpc) is 3.06. The second-order valence-corrected chi connectivity index (χ2v) is 6.71. The summed E-state index contributed by atoms with van der Waals surface area (Å²) in [5.41, 5.74) is 11.9. The maximum Gasteiger partial charge on any atom is 0.305 e. The van der Waals surface area contributed by atoms with Crippen molar-refractivity contribution in [3.8, 4) is 0 Å². The number of nitrogens with two attached hydrogens (primary N) is 1. The van der Waals surface area contributed by atoms with Crippen LogP contribution in [0.25, 0.3) is 0 Å². The molecular weight excluding hydrogens is 320 g/mol. The first-order valence-electron chi connectivity index (χ1n) is 8.33. The lowest BCUT2D eigenvalue weighted by Crippen LogP contribution is -2.34. The maximum absolute atomic E-state index is 11.9. The number of furan rings is 1. The molecule has 4 N–H and O–H groups in total. The molecular formula is C17H26N6O2. The highest BCUT2D eigenvalue weighted by Gasteiger charge is 2.18. The summed E-state index contributed by atoms with van der Waals surface area (Å²) in [6, 6.07) is 3.21. The molecule has 2 rings (SSSR count). The second kappa shape index (κ2) is 8.36. The third kappa shape index (κ3) is 5.10. The molecule has 0 aliphatic carbocycles. The first-order chi connectivity index (χ1) is 11.9. The third-order valence-electron chi connectivity index (χ3n) is 3.37. The fourth-order valence-corrected chi connectivity index (χ4v) is 2.45. The van der Waals surface area contributed by atoms with Crippen molar-refractivity contribution in [3.63, 3.8) is 0 Å². The van der Waals surface area contributed by atoms with Crippen molar-refractivity contribution in [1.82, 2.24) is 15.4 Å². The zero-order valence-electron chi connectivity index (χ0n) is 15.1. The zero-order chi connectivity index (χ0) is 18.4. The molecule has 0 spiro atoms. The van der Waals surface area contributed by atoms with Crippen LogP contribution in [0.1, 0.15) is 38.2 Å². The number of nitrogens with one attached hydrogen (secondary N) is 2. The lowest BCUT2D eigenvalue weighted by molar-refractivity contribution is 0.0935. The number of anilines is 3. The van der Waals surface area contributed by atoms with Crippen LogP contribution < -0.4 is 21.5 Å². The molecule has 8 nitrogen and oxygen atoms in total. The molecule has 0 radical (unpaired) electrons. The molecule has 0 aliphatic rings. The van der Waals surface area contributed by atoms with Gasteiger partial charge in [0.1, 0.15) is 12.0 Å². The van der Waals surface area contributed by atoms with Crippen molar-refractivity contribution in [2.75, 3.05) is 29.1 Å². The summed E-state index contributed by atoms with van der Waals surface area (Å²) in [5, 5.41) is 0. The number of aromatic nitrogens is 2. The Labute approximate surface area is 147 Å². The van der Waals surface area contributed by atoms with E-state index in [1.807, 2.05) is 0 Å². The van der Waals surface area contributed by atoms with Gasteiger partial charge in [-0.15, -0.1) is 0 Å². The van der Waals surface area contributed by atoms with E-state index in [0.717, 1.165) is 13.1 Å². The Morgan fingerprint density at radius 3 is 2.48 bits per heavy atom. The molecule has 0 bridgehead atoms. The molecule has 0 saturated heterocycles. The van der Waals surface area contributed by atoms with Gasteiger partial charge >= 0.3 is 5.91 Å². The lowest BCUT2D eigenvalue weighted by Gasteiger charge is -2.28. The summed E-state index contributed by atoms with van der Waals surface area (Å²) in [6.07, 6.45) is 2.86. The summed E-state index contributed by atoms with van der Waals surface area (Å²) in [6.45, 7) is 10.2. The highest BCUT2D eigenvalue weighted by Crippen LogP contribution is 2.27. The Balaban J connectivity index is 2.15. The normalized spacial score (nSPS) is 11.0. The topological polar surface area (TPSA) is 109 Å². The van der Waals surface area contributed by atoms with Crippen molar-refractivity contribution in [3.05, 3.63) is 30.5 Å². The number of nitrogens with zero attached hydrogens (tertiary/aromatic N) is 3. The quantitative estimate of drug-likeness (QED) is 0.630. The summed E-state index contributed by atoms with van der Waals surface area (Å²) < 4.78 is 5.04. The van der Waals surface area contributed by atoms with Crippen molar-refractivity contribution in [1.29, 1.82) is 0 Å². The Morgan fingerprint density at radius 1 is 1.24 bits per heavy atom. The van der Waals surface area contributed by atoms with E-state index in [1.165, 1.54) is 12.6 Å². The van der Waals surface area contributed by atoms with Gasteiger partial charge in [0.2, 0.25) is 0 Å². The monoisotopic (exact) mass is 346 g/mol. The largest absolute Gasteiger partial charge is 0.459 e. The van der Waals surface area contributed by atoms with Crippen molar-refractivity contribution in [2.24, 2.45) is 11.8 Å². The summed E-state index contributed by atoms with van der Waals surface area (Å²) in [4.78, 5) is 22.5. The van der Waals surface area contributed by atoms with Crippen LogP contribution in [-0.4, -0.2) is 29.0 Å². The van der Waals surface area contributed by atoms with Gasteiger partial charge < -0.3 is 15.1 Å². The van der Waals surface area contributed by atoms with Crippen LogP contribution >= 0.6 is 0 Å². The highest BCUT2D eigenvalue weighted by molar-refractivity contribution is 5.92. The van der Waals surface area contributed by atoms with Gasteiger partial charge in [0, 0.05) is 13.1 Å². The van der Waals surface area contributed by atoms with E-state index < -0.39 is 5.91 Å². The Bertz CT molecular complexity index is 674. The van der Waals surface area contributed by atoms with E-state index in [4.69, 9.17) is 10.2 Å². The Hall–Kier alpha value is -2.77. The molecule has 0 fully saturated rings. The fourth-order valence-electron chi connectivity index (χ4n) is 2.45. The Kier molecular flexibility index (Phi) is 6.21. The molecule has 0 unspecified atom stereocenters. The number of rotatable bonds is 8. The van der Waals surface area contributed by atoms with E-state index in [0.29, 0.717) is 29.2 Å². The van der Waals surface area contributed by atoms with E-state index in [9.17, 15) is 4.79 Å². The highest BCUT2D eigenvalue weighted by atomic mass is 16.3. The van der Waals surface area contributed by atoms with E-state index in [-0.39, 0.29) is 5.76 Å². The van der Waals surface area contributed by atoms with Crippen molar-refractivity contribution < 1.29 is 9.21 Å².